The minimum Gasteiger partial charge on any atom is -0.302 e. The monoisotopic (exact) mass is 202 g/mol. The van der Waals surface area contributed by atoms with E-state index >= 15 is 0 Å². The molecule has 0 radical (unpaired) electrons. The van der Waals surface area contributed by atoms with Crippen LogP contribution in [0.1, 0.15) is 12.6 Å². The Morgan fingerprint density at radius 3 is 2.75 bits per heavy atom. The van der Waals surface area contributed by atoms with Crippen molar-refractivity contribution < 1.29 is 4.79 Å². The van der Waals surface area contributed by atoms with Gasteiger partial charge in [0.15, 0.2) is 5.13 Å². The van der Waals surface area contributed by atoms with E-state index in [2.05, 4.69) is 10.3 Å². The van der Waals surface area contributed by atoms with Gasteiger partial charge in [-0.25, -0.2) is 4.98 Å². The number of amides is 1. The number of thiazole rings is 1. The third-order valence-corrected chi connectivity index (χ3v) is 3.51. The lowest BCUT2D eigenvalue weighted by Crippen LogP contribution is -2.04. The number of hydrogen-bond acceptors (Lipinski definition) is 4. The van der Waals surface area contributed by atoms with E-state index in [1.54, 1.807) is 11.8 Å². The summed E-state index contributed by atoms with van der Waals surface area (Å²) in [5.41, 5.74) is 0.983. The largest absolute Gasteiger partial charge is 0.302 e. The Hall–Kier alpha value is -0.550. The lowest BCUT2D eigenvalue weighted by Gasteiger charge is -1.91. The van der Waals surface area contributed by atoms with Gasteiger partial charge in [-0.05, 0) is 13.2 Å². The highest BCUT2D eigenvalue weighted by molar-refractivity contribution is 8.00. The lowest BCUT2D eigenvalue weighted by molar-refractivity contribution is -0.114. The zero-order chi connectivity index (χ0) is 9.14. The maximum atomic E-state index is 10.7. The first kappa shape index (κ1) is 9.54. The van der Waals surface area contributed by atoms with Gasteiger partial charge in [0, 0.05) is 6.92 Å². The number of carbonyl (C=O) groups is 1. The summed E-state index contributed by atoms with van der Waals surface area (Å²) in [7, 11) is 0. The molecule has 1 heterocycles. The van der Waals surface area contributed by atoms with E-state index in [9.17, 15) is 4.79 Å². The number of rotatable bonds is 2. The minimum atomic E-state index is -0.0728. The van der Waals surface area contributed by atoms with E-state index in [0.29, 0.717) is 5.13 Å². The SMILES string of the molecule is CSc1sc(NC(C)=O)nc1C. The van der Waals surface area contributed by atoms with Crippen molar-refractivity contribution in [2.45, 2.75) is 18.1 Å². The molecule has 0 spiro atoms. The molecule has 3 nitrogen and oxygen atoms in total. The molecular formula is C7H10N2OS2. The van der Waals surface area contributed by atoms with Crippen molar-refractivity contribution in [3.63, 3.8) is 0 Å². The van der Waals surface area contributed by atoms with E-state index in [1.807, 2.05) is 13.2 Å². The van der Waals surface area contributed by atoms with Crippen molar-refractivity contribution in [3.8, 4) is 0 Å². The predicted octanol–water partition coefficient (Wildman–Crippen LogP) is 2.13. The highest BCUT2D eigenvalue weighted by Crippen LogP contribution is 2.29. The van der Waals surface area contributed by atoms with Crippen LogP contribution in [0, 0.1) is 6.92 Å². The van der Waals surface area contributed by atoms with Gasteiger partial charge in [0.25, 0.3) is 0 Å². The first-order valence-electron chi connectivity index (χ1n) is 3.42. The van der Waals surface area contributed by atoms with Gasteiger partial charge >= 0.3 is 0 Å². The Kier molecular flexibility index (Phi) is 3.11. The summed E-state index contributed by atoms with van der Waals surface area (Å²) in [5, 5.41) is 3.34. The van der Waals surface area contributed by atoms with E-state index in [0.717, 1.165) is 9.90 Å². The molecule has 0 aliphatic rings. The van der Waals surface area contributed by atoms with Crippen molar-refractivity contribution in [2.24, 2.45) is 0 Å². The number of anilines is 1. The Morgan fingerprint density at radius 2 is 2.33 bits per heavy atom. The zero-order valence-corrected chi connectivity index (χ0v) is 8.80. The summed E-state index contributed by atoms with van der Waals surface area (Å²) >= 11 is 3.16. The second-order valence-electron chi connectivity index (χ2n) is 2.28. The molecule has 66 valence electrons. The smallest absolute Gasteiger partial charge is 0.223 e. The number of nitrogens with zero attached hydrogens (tertiary/aromatic N) is 1. The van der Waals surface area contributed by atoms with Gasteiger partial charge in [0.1, 0.15) is 0 Å². The fraction of sp³-hybridized carbons (Fsp3) is 0.429. The van der Waals surface area contributed by atoms with E-state index in [-0.39, 0.29) is 5.91 Å². The molecule has 1 rings (SSSR count). The molecule has 1 N–H and O–H groups in total. The number of aromatic nitrogens is 1. The van der Waals surface area contributed by atoms with Gasteiger partial charge in [-0.3, -0.25) is 4.79 Å². The number of aryl methyl sites for hydroxylation is 1. The second-order valence-corrected chi connectivity index (χ2v) is 4.35. The first-order valence-corrected chi connectivity index (χ1v) is 5.46. The third-order valence-electron chi connectivity index (χ3n) is 1.22. The molecule has 0 bridgehead atoms. The summed E-state index contributed by atoms with van der Waals surface area (Å²) in [6.45, 7) is 3.42. The van der Waals surface area contributed by atoms with Gasteiger partial charge in [-0.15, -0.1) is 11.8 Å². The molecule has 0 saturated heterocycles. The van der Waals surface area contributed by atoms with Gasteiger partial charge in [-0.1, -0.05) is 11.3 Å². The fourth-order valence-electron chi connectivity index (χ4n) is 0.776. The Morgan fingerprint density at radius 1 is 1.67 bits per heavy atom. The first-order chi connectivity index (χ1) is 5.63. The molecule has 1 amide bonds. The molecule has 0 saturated carbocycles. The number of hydrogen-bond donors (Lipinski definition) is 1. The fourth-order valence-corrected chi connectivity index (χ4v) is 2.43. The maximum absolute atomic E-state index is 10.7. The van der Waals surface area contributed by atoms with Crippen LogP contribution in [0.4, 0.5) is 5.13 Å². The quantitative estimate of drug-likeness (QED) is 0.747. The topological polar surface area (TPSA) is 42.0 Å². The van der Waals surface area contributed by atoms with Crippen LogP contribution < -0.4 is 5.32 Å². The van der Waals surface area contributed by atoms with Crippen LogP contribution in [0.15, 0.2) is 4.21 Å². The van der Waals surface area contributed by atoms with Crippen LogP contribution in [0.2, 0.25) is 0 Å². The highest BCUT2D eigenvalue weighted by atomic mass is 32.2. The van der Waals surface area contributed by atoms with Crippen LogP contribution in [0.25, 0.3) is 0 Å². The van der Waals surface area contributed by atoms with Crippen LogP contribution in [0.3, 0.4) is 0 Å². The number of carbonyl (C=O) groups excluding carboxylic acids is 1. The van der Waals surface area contributed by atoms with Crippen molar-refractivity contribution in [2.75, 3.05) is 11.6 Å². The summed E-state index contributed by atoms with van der Waals surface area (Å²) in [6, 6.07) is 0. The molecule has 1 aromatic rings. The lowest BCUT2D eigenvalue weighted by atomic mass is 10.6. The van der Waals surface area contributed by atoms with E-state index in [4.69, 9.17) is 0 Å². The minimum absolute atomic E-state index is 0.0728. The molecule has 0 atom stereocenters. The Bertz CT molecular complexity index is 296. The molecular weight excluding hydrogens is 192 g/mol. The molecule has 0 aliphatic carbocycles. The van der Waals surface area contributed by atoms with Crippen LogP contribution >= 0.6 is 23.1 Å². The van der Waals surface area contributed by atoms with Gasteiger partial charge in [0.05, 0.1) is 9.90 Å². The van der Waals surface area contributed by atoms with Crippen molar-refractivity contribution >= 4 is 34.1 Å². The molecule has 0 aromatic carbocycles. The van der Waals surface area contributed by atoms with Crippen LogP contribution in [-0.2, 0) is 4.79 Å². The van der Waals surface area contributed by atoms with Gasteiger partial charge in [-0.2, -0.15) is 0 Å². The normalized spacial score (nSPS) is 9.92. The predicted molar refractivity (Wildman–Crippen MR) is 52.9 cm³/mol. The van der Waals surface area contributed by atoms with Crippen molar-refractivity contribution in [1.29, 1.82) is 0 Å². The molecule has 0 unspecified atom stereocenters. The van der Waals surface area contributed by atoms with Gasteiger partial charge in [0.2, 0.25) is 5.91 Å². The molecule has 1 aromatic heterocycles. The van der Waals surface area contributed by atoms with Crippen LogP contribution in [-0.4, -0.2) is 17.1 Å². The standard InChI is InChI=1S/C7H10N2OS2/c1-4-6(11-3)12-7(8-4)9-5(2)10/h1-3H3,(H,8,9,10). The molecule has 12 heavy (non-hydrogen) atoms. The second kappa shape index (κ2) is 3.91. The summed E-state index contributed by atoms with van der Waals surface area (Å²) in [6.07, 6.45) is 2.00. The summed E-state index contributed by atoms with van der Waals surface area (Å²) in [4.78, 5) is 14.9. The zero-order valence-electron chi connectivity index (χ0n) is 7.17. The Balaban J connectivity index is 2.82. The van der Waals surface area contributed by atoms with Crippen LogP contribution in [0.5, 0.6) is 0 Å². The summed E-state index contributed by atoms with van der Waals surface area (Å²) < 4.78 is 1.15. The van der Waals surface area contributed by atoms with E-state index in [1.165, 1.54) is 18.3 Å². The average Bonchev–Trinajstić information content (AvgIpc) is 2.29. The van der Waals surface area contributed by atoms with Crippen molar-refractivity contribution in [1.82, 2.24) is 4.98 Å². The number of thioether (sulfide) groups is 1. The molecule has 0 aliphatic heterocycles. The number of nitrogens with one attached hydrogen (secondary N) is 1. The van der Waals surface area contributed by atoms with E-state index < -0.39 is 0 Å². The van der Waals surface area contributed by atoms with Gasteiger partial charge < -0.3 is 5.32 Å². The average molecular weight is 202 g/mol. The third kappa shape index (κ3) is 2.22. The maximum Gasteiger partial charge on any atom is 0.223 e. The van der Waals surface area contributed by atoms with Crippen molar-refractivity contribution in [3.05, 3.63) is 5.69 Å². The molecule has 5 heteroatoms. The Labute approximate surface area is 79.6 Å². The highest BCUT2D eigenvalue weighted by Gasteiger charge is 2.06. The molecule has 0 fully saturated rings. The summed E-state index contributed by atoms with van der Waals surface area (Å²) in [5.74, 6) is -0.0728.